The molecule has 39 heavy (non-hydrogen) atoms. The van der Waals surface area contributed by atoms with Gasteiger partial charge in [0, 0.05) is 18.8 Å². The molecule has 1 aliphatic heterocycles. The van der Waals surface area contributed by atoms with Crippen molar-refractivity contribution in [3.63, 3.8) is 0 Å². The fourth-order valence-corrected chi connectivity index (χ4v) is 5.68. The first-order valence-electron chi connectivity index (χ1n) is 12.8. The molecule has 0 unspecified atom stereocenters. The van der Waals surface area contributed by atoms with E-state index in [9.17, 15) is 4.79 Å². The second kappa shape index (κ2) is 12.2. The average Bonchev–Trinajstić information content (AvgIpc) is 3.70. The zero-order chi connectivity index (χ0) is 27.2. The van der Waals surface area contributed by atoms with Gasteiger partial charge in [0.05, 0.1) is 33.7 Å². The lowest BCUT2D eigenvalue weighted by Crippen LogP contribution is -2.15. The van der Waals surface area contributed by atoms with E-state index in [2.05, 4.69) is 78.7 Å². The number of esters is 1. The minimum absolute atomic E-state index is 0.158. The quantitative estimate of drug-likeness (QED) is 0.103. The summed E-state index contributed by atoms with van der Waals surface area (Å²) in [5.74, 6) is -0.509. The third-order valence-corrected chi connectivity index (χ3v) is 8.00. The number of aromatic nitrogens is 2. The Balaban J connectivity index is 1.16. The maximum Gasteiger partial charge on any atom is 0.369 e. The van der Waals surface area contributed by atoms with Gasteiger partial charge in [-0.3, -0.25) is 0 Å². The largest absolute Gasteiger partial charge is 0.461 e. The fourth-order valence-electron chi connectivity index (χ4n) is 4.14. The first-order valence-corrected chi connectivity index (χ1v) is 14.4. The number of hydrazine groups is 1. The number of anilines is 5. The highest BCUT2D eigenvalue weighted by atomic mass is 32.1. The van der Waals surface area contributed by atoms with Crippen LogP contribution in [0.1, 0.15) is 40.7 Å². The molecule has 3 N–H and O–H groups in total. The Morgan fingerprint density at radius 1 is 0.949 bits per heavy atom. The summed E-state index contributed by atoms with van der Waals surface area (Å²) in [6, 6.07) is 16.4. The fraction of sp³-hybridized carbons (Fsp3) is 0.296. The molecule has 12 heteroatoms. The van der Waals surface area contributed by atoms with Crippen LogP contribution in [0, 0.1) is 13.8 Å². The van der Waals surface area contributed by atoms with Crippen molar-refractivity contribution >= 4 is 66.5 Å². The Labute approximate surface area is 235 Å². The maximum atomic E-state index is 11.7. The molecule has 4 aromatic rings. The van der Waals surface area contributed by atoms with Crippen LogP contribution in [-0.2, 0) is 4.74 Å². The SMILES string of the molecule is CCOC(=O)c1nnc(N=Nc2ccc(NNc3ccc(Nc4ccc(N5CCCC5)s4)cc3C)cc2C)s1. The summed E-state index contributed by atoms with van der Waals surface area (Å²) in [6.07, 6.45) is 2.56. The van der Waals surface area contributed by atoms with Crippen molar-refractivity contribution in [2.45, 2.75) is 33.6 Å². The Morgan fingerprint density at radius 2 is 1.74 bits per heavy atom. The van der Waals surface area contributed by atoms with E-state index in [1.807, 2.05) is 25.1 Å². The molecule has 0 spiro atoms. The summed E-state index contributed by atoms with van der Waals surface area (Å²) >= 11 is 2.84. The second-order valence-electron chi connectivity index (χ2n) is 9.05. The predicted octanol–water partition coefficient (Wildman–Crippen LogP) is 7.59. The molecule has 3 heterocycles. The van der Waals surface area contributed by atoms with Gasteiger partial charge in [-0.15, -0.1) is 31.8 Å². The van der Waals surface area contributed by atoms with Gasteiger partial charge in [-0.25, -0.2) is 4.79 Å². The van der Waals surface area contributed by atoms with Crippen LogP contribution in [0.2, 0.25) is 0 Å². The number of ether oxygens (including phenoxy) is 1. The van der Waals surface area contributed by atoms with Crippen molar-refractivity contribution in [1.29, 1.82) is 0 Å². The van der Waals surface area contributed by atoms with Crippen molar-refractivity contribution in [1.82, 2.24) is 10.2 Å². The molecule has 1 saturated heterocycles. The molecule has 0 amide bonds. The third kappa shape index (κ3) is 6.70. The van der Waals surface area contributed by atoms with E-state index < -0.39 is 5.97 Å². The van der Waals surface area contributed by atoms with E-state index in [4.69, 9.17) is 4.74 Å². The summed E-state index contributed by atoms with van der Waals surface area (Å²) in [7, 11) is 0. The highest BCUT2D eigenvalue weighted by Gasteiger charge is 2.15. The average molecular weight is 563 g/mol. The van der Waals surface area contributed by atoms with Gasteiger partial charge in [0.1, 0.15) is 0 Å². The van der Waals surface area contributed by atoms with Crippen molar-refractivity contribution in [2.24, 2.45) is 10.2 Å². The van der Waals surface area contributed by atoms with Crippen LogP contribution in [0.4, 0.5) is 37.9 Å². The summed E-state index contributed by atoms with van der Waals surface area (Å²) in [5, 5.41) is 22.5. The smallest absolute Gasteiger partial charge is 0.369 e. The zero-order valence-electron chi connectivity index (χ0n) is 22.0. The maximum absolute atomic E-state index is 11.7. The lowest BCUT2D eigenvalue weighted by molar-refractivity contribution is 0.0525. The van der Waals surface area contributed by atoms with E-state index in [1.165, 1.54) is 17.8 Å². The van der Waals surface area contributed by atoms with Gasteiger partial charge in [0.25, 0.3) is 5.13 Å². The van der Waals surface area contributed by atoms with Crippen molar-refractivity contribution in [2.75, 3.05) is 40.8 Å². The van der Waals surface area contributed by atoms with E-state index in [-0.39, 0.29) is 11.6 Å². The molecule has 0 bridgehead atoms. The molecule has 1 aliphatic rings. The number of hydrogen-bond acceptors (Lipinski definition) is 12. The Kier molecular flexibility index (Phi) is 8.33. The number of nitrogens with one attached hydrogen (secondary N) is 3. The summed E-state index contributed by atoms with van der Waals surface area (Å²) in [6.45, 7) is 8.36. The molecular weight excluding hydrogens is 532 g/mol. The number of rotatable bonds is 10. The van der Waals surface area contributed by atoms with E-state index in [0.29, 0.717) is 10.8 Å². The zero-order valence-corrected chi connectivity index (χ0v) is 23.7. The molecule has 0 radical (unpaired) electrons. The van der Waals surface area contributed by atoms with Gasteiger partial charge in [0.2, 0.25) is 5.01 Å². The summed E-state index contributed by atoms with van der Waals surface area (Å²) in [5.41, 5.74) is 12.2. The number of benzene rings is 2. The number of nitrogens with zero attached hydrogens (tertiary/aromatic N) is 5. The van der Waals surface area contributed by atoms with Crippen LogP contribution in [0.5, 0.6) is 0 Å². The van der Waals surface area contributed by atoms with E-state index in [0.717, 1.165) is 57.6 Å². The van der Waals surface area contributed by atoms with Gasteiger partial charge >= 0.3 is 5.97 Å². The Morgan fingerprint density at radius 3 is 2.51 bits per heavy atom. The molecule has 5 rings (SSSR count). The molecule has 2 aromatic heterocycles. The number of aryl methyl sites for hydroxylation is 2. The topological polar surface area (TPSA) is 116 Å². The Hall–Kier alpha value is -4.03. The van der Waals surface area contributed by atoms with Crippen molar-refractivity contribution < 1.29 is 9.53 Å². The first-order chi connectivity index (χ1) is 19.0. The van der Waals surface area contributed by atoms with E-state index >= 15 is 0 Å². The summed E-state index contributed by atoms with van der Waals surface area (Å²) < 4.78 is 4.92. The highest BCUT2D eigenvalue weighted by molar-refractivity contribution is 7.20. The number of thiophene rings is 1. The Bertz CT molecular complexity index is 1480. The van der Waals surface area contributed by atoms with Crippen LogP contribution >= 0.6 is 22.7 Å². The molecular formula is C27H30N8O2S2. The molecule has 1 fully saturated rings. The second-order valence-corrected chi connectivity index (χ2v) is 11.1. The molecule has 0 aliphatic carbocycles. The number of carbonyl (C=O) groups excluding carboxylic acids is 1. The van der Waals surface area contributed by atoms with Crippen LogP contribution in [0.3, 0.4) is 0 Å². The third-order valence-electron chi connectivity index (χ3n) is 6.15. The van der Waals surface area contributed by atoms with Crippen LogP contribution < -0.4 is 21.1 Å². The normalized spacial score (nSPS) is 13.2. The van der Waals surface area contributed by atoms with Gasteiger partial charge < -0.3 is 25.8 Å². The van der Waals surface area contributed by atoms with Gasteiger partial charge in [-0.05, 0) is 93.3 Å². The number of hydrogen-bond donors (Lipinski definition) is 3. The number of azo groups is 1. The summed E-state index contributed by atoms with van der Waals surface area (Å²) in [4.78, 5) is 14.2. The lowest BCUT2D eigenvalue weighted by Gasteiger charge is -2.15. The monoisotopic (exact) mass is 562 g/mol. The molecule has 0 atom stereocenters. The lowest BCUT2D eigenvalue weighted by atomic mass is 10.2. The molecule has 2 aromatic carbocycles. The molecule has 202 valence electrons. The first kappa shape index (κ1) is 26.6. The van der Waals surface area contributed by atoms with Gasteiger partial charge in [-0.2, -0.15) is 0 Å². The predicted molar refractivity (Wildman–Crippen MR) is 159 cm³/mol. The molecule has 0 saturated carbocycles. The van der Waals surface area contributed by atoms with Crippen molar-refractivity contribution in [3.05, 3.63) is 64.7 Å². The van der Waals surface area contributed by atoms with Gasteiger partial charge in [-0.1, -0.05) is 11.3 Å². The van der Waals surface area contributed by atoms with Crippen LogP contribution in [-0.4, -0.2) is 35.9 Å². The number of carbonyl (C=O) groups is 1. The van der Waals surface area contributed by atoms with Crippen LogP contribution in [0.25, 0.3) is 0 Å². The standard InChI is InChI=1S/C27H30N8O2S2/c1-4-37-26(36)25-32-34-27(39-25)33-31-22-10-8-20(16-18(22)3)29-30-21-9-7-19(15-17(21)2)28-23-11-12-24(38-23)35-13-5-6-14-35/h7-12,15-16,28-30H,4-6,13-14H2,1-3H3. The van der Waals surface area contributed by atoms with Crippen molar-refractivity contribution in [3.8, 4) is 0 Å². The van der Waals surface area contributed by atoms with E-state index in [1.54, 1.807) is 18.3 Å². The van der Waals surface area contributed by atoms with Gasteiger partial charge in [0.15, 0.2) is 0 Å². The highest BCUT2D eigenvalue weighted by Crippen LogP contribution is 2.34. The van der Waals surface area contributed by atoms with Crippen LogP contribution in [0.15, 0.2) is 58.8 Å². The minimum atomic E-state index is -0.509. The molecule has 10 nitrogen and oxygen atoms in total. The minimum Gasteiger partial charge on any atom is -0.461 e.